The monoisotopic (exact) mass is 557 g/mol. The minimum absolute atomic E-state index is 0. The molecule has 1 aromatic carbocycles. The minimum atomic E-state index is -0.318. The molecule has 0 spiro atoms. The van der Waals surface area contributed by atoms with Gasteiger partial charge in [-0.25, -0.2) is 0 Å². The predicted molar refractivity (Wildman–Crippen MR) is 141 cm³/mol. The Morgan fingerprint density at radius 2 is 1.91 bits per heavy atom. The van der Waals surface area contributed by atoms with Crippen molar-refractivity contribution >= 4 is 35.8 Å². The lowest BCUT2D eigenvalue weighted by Gasteiger charge is -2.35. The summed E-state index contributed by atoms with van der Waals surface area (Å²) in [5.41, 5.74) is 2.25. The Morgan fingerprint density at radius 3 is 2.50 bits per heavy atom. The number of halogens is 1. The average Bonchev–Trinajstić information content (AvgIpc) is 3.26. The van der Waals surface area contributed by atoms with Crippen LogP contribution in [0, 0.1) is 12.3 Å². The molecular weight excluding hydrogens is 517 g/mol. The van der Waals surface area contributed by atoms with Crippen LogP contribution in [0.5, 0.6) is 0 Å². The Labute approximate surface area is 210 Å². The molecule has 1 aliphatic heterocycles. The normalized spacial score (nSPS) is 19.7. The number of carbonyl (C=O) groups excluding carboxylic acids is 1. The van der Waals surface area contributed by atoms with E-state index in [-0.39, 0.29) is 41.3 Å². The summed E-state index contributed by atoms with van der Waals surface area (Å²) >= 11 is 0. The van der Waals surface area contributed by atoms with Crippen LogP contribution in [-0.4, -0.2) is 82.2 Å². The van der Waals surface area contributed by atoms with Crippen LogP contribution in [-0.2, 0) is 9.53 Å². The minimum Gasteiger partial charge on any atom is -0.379 e. The van der Waals surface area contributed by atoms with E-state index in [2.05, 4.69) is 51.7 Å². The van der Waals surface area contributed by atoms with E-state index in [0.29, 0.717) is 6.54 Å². The summed E-state index contributed by atoms with van der Waals surface area (Å²) in [5.74, 6) is 0.975. The molecule has 1 saturated carbocycles. The second-order valence-electron chi connectivity index (χ2n) is 9.07. The highest BCUT2D eigenvalue weighted by Gasteiger charge is 2.42. The van der Waals surface area contributed by atoms with Gasteiger partial charge in [0.1, 0.15) is 0 Å². The average molecular weight is 558 g/mol. The molecule has 1 unspecified atom stereocenters. The summed E-state index contributed by atoms with van der Waals surface area (Å²) in [6.45, 7) is 6.89. The van der Waals surface area contributed by atoms with Crippen LogP contribution in [0.4, 0.5) is 0 Å². The van der Waals surface area contributed by atoms with Crippen LogP contribution in [0.2, 0.25) is 0 Å². The highest BCUT2D eigenvalue weighted by atomic mass is 127. The molecule has 0 bridgehead atoms. The summed E-state index contributed by atoms with van der Waals surface area (Å²) in [6.07, 6.45) is 4.10. The van der Waals surface area contributed by atoms with E-state index in [9.17, 15) is 4.79 Å². The molecule has 0 radical (unpaired) electrons. The Bertz CT molecular complexity index is 759. The van der Waals surface area contributed by atoms with Gasteiger partial charge >= 0.3 is 0 Å². The number of guanidine groups is 1. The molecule has 180 valence electrons. The maximum atomic E-state index is 12.9. The standard InChI is InChI=1S/C24H39N5O2.HI/c1-19-8-7-9-20(16-19)21(29-12-14-31-15-13-29)17-26-23(25-2)27-18-24(10-5-6-11-24)22(30)28(3)4;/h7-9,16,21H,5-6,10-15,17-18H2,1-4H3,(H2,25,26,27);1H. The van der Waals surface area contributed by atoms with Crippen LogP contribution in [0.25, 0.3) is 0 Å². The topological polar surface area (TPSA) is 69.2 Å². The SMILES string of the molecule is CN=C(NCC(c1cccc(C)c1)N1CCOCC1)NCC1(C(=O)N(C)C)CCCC1.I. The number of morpholine rings is 1. The summed E-state index contributed by atoms with van der Waals surface area (Å²) in [7, 11) is 5.50. The molecule has 1 atom stereocenters. The third-order valence-corrected chi connectivity index (χ3v) is 6.61. The molecule has 2 N–H and O–H groups in total. The first-order chi connectivity index (χ1) is 14.9. The molecule has 2 fully saturated rings. The van der Waals surface area contributed by atoms with Crippen LogP contribution >= 0.6 is 24.0 Å². The van der Waals surface area contributed by atoms with E-state index in [1.807, 2.05) is 14.1 Å². The highest BCUT2D eigenvalue weighted by Crippen LogP contribution is 2.38. The van der Waals surface area contributed by atoms with Crippen LogP contribution < -0.4 is 10.6 Å². The van der Waals surface area contributed by atoms with E-state index >= 15 is 0 Å². The van der Waals surface area contributed by atoms with Crippen molar-refractivity contribution in [2.75, 3.05) is 60.5 Å². The Morgan fingerprint density at radius 1 is 1.22 bits per heavy atom. The van der Waals surface area contributed by atoms with E-state index in [0.717, 1.165) is 64.5 Å². The van der Waals surface area contributed by atoms with Crippen molar-refractivity contribution in [1.29, 1.82) is 0 Å². The molecule has 1 amide bonds. The lowest BCUT2D eigenvalue weighted by atomic mass is 9.84. The van der Waals surface area contributed by atoms with Gasteiger partial charge in [-0.05, 0) is 25.3 Å². The van der Waals surface area contributed by atoms with Gasteiger partial charge in [0.15, 0.2) is 5.96 Å². The van der Waals surface area contributed by atoms with Gasteiger partial charge in [0.25, 0.3) is 0 Å². The van der Waals surface area contributed by atoms with Crippen molar-refractivity contribution in [2.24, 2.45) is 10.4 Å². The number of aryl methyl sites for hydroxylation is 1. The van der Waals surface area contributed by atoms with Crippen molar-refractivity contribution < 1.29 is 9.53 Å². The van der Waals surface area contributed by atoms with Crippen molar-refractivity contribution in [3.8, 4) is 0 Å². The van der Waals surface area contributed by atoms with Gasteiger partial charge in [0.05, 0.1) is 24.7 Å². The Hall–Kier alpha value is -1.39. The lowest BCUT2D eigenvalue weighted by molar-refractivity contribution is -0.138. The number of aliphatic imine (C=N–C) groups is 1. The number of hydrogen-bond donors (Lipinski definition) is 2. The van der Waals surface area contributed by atoms with E-state index in [1.54, 1.807) is 11.9 Å². The fraction of sp³-hybridized carbons (Fsp3) is 0.667. The number of amides is 1. The molecule has 1 aliphatic carbocycles. The van der Waals surface area contributed by atoms with Crippen LogP contribution in [0.15, 0.2) is 29.3 Å². The van der Waals surface area contributed by atoms with Crippen molar-refractivity contribution in [1.82, 2.24) is 20.4 Å². The number of carbonyl (C=O) groups is 1. The maximum absolute atomic E-state index is 12.9. The first-order valence-electron chi connectivity index (χ1n) is 11.5. The van der Waals surface area contributed by atoms with E-state index in [1.165, 1.54) is 11.1 Å². The Kier molecular flexibility index (Phi) is 10.7. The number of benzene rings is 1. The summed E-state index contributed by atoms with van der Waals surface area (Å²) in [4.78, 5) is 21.5. The molecule has 32 heavy (non-hydrogen) atoms. The van der Waals surface area contributed by atoms with Crippen molar-refractivity contribution in [3.05, 3.63) is 35.4 Å². The zero-order valence-corrected chi connectivity index (χ0v) is 22.4. The summed E-state index contributed by atoms with van der Waals surface area (Å²) in [5, 5.41) is 6.98. The van der Waals surface area contributed by atoms with Gasteiger partial charge in [0.2, 0.25) is 5.91 Å². The summed E-state index contributed by atoms with van der Waals surface area (Å²) in [6, 6.07) is 8.97. The molecule has 1 heterocycles. The van der Waals surface area contributed by atoms with Gasteiger partial charge in [0, 0.05) is 47.3 Å². The number of rotatable bonds is 7. The van der Waals surface area contributed by atoms with Gasteiger partial charge < -0.3 is 20.3 Å². The number of hydrogen-bond acceptors (Lipinski definition) is 4. The van der Waals surface area contributed by atoms with Gasteiger partial charge in [-0.2, -0.15) is 0 Å². The second-order valence-corrected chi connectivity index (χ2v) is 9.07. The predicted octanol–water partition coefficient (Wildman–Crippen LogP) is 2.80. The largest absolute Gasteiger partial charge is 0.379 e. The number of ether oxygens (including phenoxy) is 1. The van der Waals surface area contributed by atoms with Crippen molar-refractivity contribution in [2.45, 2.75) is 38.6 Å². The van der Waals surface area contributed by atoms with E-state index in [4.69, 9.17) is 4.74 Å². The molecule has 1 saturated heterocycles. The highest BCUT2D eigenvalue weighted by molar-refractivity contribution is 14.0. The van der Waals surface area contributed by atoms with Crippen LogP contribution in [0.1, 0.15) is 42.9 Å². The molecule has 1 aromatic rings. The fourth-order valence-electron chi connectivity index (χ4n) is 4.88. The second kappa shape index (κ2) is 12.7. The third kappa shape index (κ3) is 6.81. The molecule has 2 aliphatic rings. The van der Waals surface area contributed by atoms with E-state index < -0.39 is 0 Å². The summed E-state index contributed by atoms with van der Waals surface area (Å²) < 4.78 is 5.57. The Balaban J connectivity index is 0.00000363. The quantitative estimate of drug-likeness (QED) is 0.307. The smallest absolute Gasteiger partial charge is 0.230 e. The third-order valence-electron chi connectivity index (χ3n) is 6.61. The van der Waals surface area contributed by atoms with Crippen LogP contribution in [0.3, 0.4) is 0 Å². The molecular formula is C24H40IN5O2. The fourth-order valence-corrected chi connectivity index (χ4v) is 4.88. The zero-order valence-electron chi connectivity index (χ0n) is 20.0. The van der Waals surface area contributed by atoms with Gasteiger partial charge in [-0.15, -0.1) is 24.0 Å². The van der Waals surface area contributed by atoms with Gasteiger partial charge in [-0.1, -0.05) is 42.7 Å². The molecule has 8 heteroatoms. The number of nitrogens with zero attached hydrogens (tertiary/aromatic N) is 3. The molecule has 7 nitrogen and oxygen atoms in total. The maximum Gasteiger partial charge on any atom is 0.230 e. The number of nitrogens with one attached hydrogen (secondary N) is 2. The zero-order chi connectivity index (χ0) is 22.3. The lowest BCUT2D eigenvalue weighted by Crippen LogP contribution is -2.50. The van der Waals surface area contributed by atoms with Crippen molar-refractivity contribution in [3.63, 3.8) is 0 Å². The first kappa shape index (κ1) is 26.9. The molecule has 0 aromatic heterocycles. The first-order valence-corrected chi connectivity index (χ1v) is 11.5. The molecule has 3 rings (SSSR count). The van der Waals surface area contributed by atoms with Gasteiger partial charge in [-0.3, -0.25) is 14.7 Å².